The lowest BCUT2D eigenvalue weighted by atomic mass is 9.90. The van der Waals surface area contributed by atoms with E-state index in [-0.39, 0.29) is 22.6 Å². The van der Waals surface area contributed by atoms with Gasteiger partial charge in [0.05, 0.1) is 17.2 Å². The zero-order valence-electron chi connectivity index (χ0n) is 17.4. The molecule has 0 bridgehead atoms. The molecule has 10 heteroatoms. The Labute approximate surface area is 196 Å². The second-order valence-corrected chi connectivity index (χ2v) is 9.44. The molecule has 1 atom stereocenters. The second-order valence-electron chi connectivity index (χ2n) is 7.40. The molecule has 1 unspecified atom stereocenters. The van der Waals surface area contributed by atoms with Crippen LogP contribution in [0, 0.1) is 5.41 Å². The number of nitrogens with one attached hydrogen (secondary N) is 1. The Kier molecular flexibility index (Phi) is 6.17. The van der Waals surface area contributed by atoms with Gasteiger partial charge in [-0.1, -0.05) is 66.2 Å². The minimum Gasteiger partial charge on any atom is -0.384 e. The monoisotopic (exact) mass is 480 g/mol. The second kappa shape index (κ2) is 9.05. The molecule has 3 aromatic carbocycles. The zero-order chi connectivity index (χ0) is 23.6. The van der Waals surface area contributed by atoms with E-state index in [9.17, 15) is 8.42 Å². The third kappa shape index (κ3) is 4.89. The number of hydrogen-bond donors (Lipinski definition) is 3. The first-order valence-electron chi connectivity index (χ1n) is 9.96. The molecule has 33 heavy (non-hydrogen) atoms. The smallest absolute Gasteiger partial charge is 0.285 e. The number of rotatable bonds is 5. The Morgan fingerprint density at radius 1 is 1.00 bits per heavy atom. The van der Waals surface area contributed by atoms with Crippen molar-refractivity contribution in [2.75, 3.05) is 6.54 Å². The van der Waals surface area contributed by atoms with Gasteiger partial charge in [0.15, 0.2) is 0 Å². The molecule has 8 nitrogen and oxygen atoms in total. The van der Waals surface area contributed by atoms with Gasteiger partial charge in [-0.15, -0.1) is 4.40 Å². The number of hydrogen-bond acceptors (Lipinski definition) is 4. The Hall–Kier alpha value is -3.69. The van der Waals surface area contributed by atoms with E-state index in [0.29, 0.717) is 22.8 Å². The first-order valence-corrected chi connectivity index (χ1v) is 11.8. The van der Waals surface area contributed by atoms with Crippen molar-refractivity contribution in [1.82, 2.24) is 5.01 Å². The number of guanidine groups is 1. The molecule has 168 valence electrons. The lowest BCUT2D eigenvalue weighted by Gasteiger charge is -2.15. The largest absolute Gasteiger partial charge is 0.384 e. The SMILES string of the molecule is N=C(N)c1ccc(C2=NN(/C(N)=N/S(=O)(=O)c3ccc(Cl)cc3)CC2c2ccccc2)cc1. The fourth-order valence-electron chi connectivity index (χ4n) is 3.50. The molecular weight excluding hydrogens is 460 g/mol. The van der Waals surface area contributed by atoms with Crippen molar-refractivity contribution in [2.24, 2.45) is 21.0 Å². The first kappa shape index (κ1) is 22.5. The highest BCUT2D eigenvalue weighted by molar-refractivity contribution is 7.90. The third-order valence-electron chi connectivity index (χ3n) is 5.20. The van der Waals surface area contributed by atoms with E-state index in [1.807, 2.05) is 42.5 Å². The van der Waals surface area contributed by atoms with Crippen LogP contribution in [0.1, 0.15) is 22.6 Å². The number of amidine groups is 1. The zero-order valence-corrected chi connectivity index (χ0v) is 19.0. The molecule has 5 N–H and O–H groups in total. The predicted octanol–water partition coefficient (Wildman–Crippen LogP) is 3.13. The van der Waals surface area contributed by atoms with Gasteiger partial charge < -0.3 is 11.5 Å². The maximum absolute atomic E-state index is 12.7. The van der Waals surface area contributed by atoms with E-state index < -0.39 is 10.0 Å². The van der Waals surface area contributed by atoms with Crippen molar-refractivity contribution in [3.63, 3.8) is 0 Å². The maximum atomic E-state index is 12.7. The number of benzene rings is 3. The van der Waals surface area contributed by atoms with Gasteiger partial charge >= 0.3 is 0 Å². The van der Waals surface area contributed by atoms with Crippen LogP contribution in [0.25, 0.3) is 0 Å². The van der Waals surface area contributed by atoms with Gasteiger partial charge in [0, 0.05) is 16.5 Å². The van der Waals surface area contributed by atoms with Crippen LogP contribution in [0.2, 0.25) is 5.02 Å². The van der Waals surface area contributed by atoms with Crippen molar-refractivity contribution < 1.29 is 8.42 Å². The fraction of sp³-hybridized carbons (Fsp3) is 0.0870. The summed E-state index contributed by atoms with van der Waals surface area (Å²) < 4.78 is 29.2. The molecule has 0 aliphatic carbocycles. The summed E-state index contributed by atoms with van der Waals surface area (Å²) in [6, 6.07) is 22.6. The standard InChI is InChI=1S/C23H21ClN6O2S/c24-18-10-12-19(13-11-18)33(31,32)29-23(27)30-14-20(15-4-2-1-3-5-15)21(28-30)16-6-8-17(9-7-16)22(25)26/h1-13,20H,14H2,(H3,25,26)(H2,27,29). The van der Waals surface area contributed by atoms with Crippen LogP contribution in [-0.4, -0.2) is 37.5 Å². The molecule has 3 aromatic rings. The van der Waals surface area contributed by atoms with Crippen LogP contribution in [0.3, 0.4) is 0 Å². The van der Waals surface area contributed by atoms with Gasteiger partial charge in [-0.3, -0.25) is 5.41 Å². The number of nitrogens with zero attached hydrogens (tertiary/aromatic N) is 3. The van der Waals surface area contributed by atoms with E-state index in [0.717, 1.165) is 11.1 Å². The summed E-state index contributed by atoms with van der Waals surface area (Å²) in [4.78, 5) is -0.0160. The Balaban J connectivity index is 1.70. The lowest BCUT2D eigenvalue weighted by Crippen LogP contribution is -2.33. The lowest BCUT2D eigenvalue weighted by molar-refractivity contribution is 0.470. The highest BCUT2D eigenvalue weighted by Crippen LogP contribution is 2.29. The molecule has 1 aliphatic heterocycles. The Bertz CT molecular complexity index is 1340. The van der Waals surface area contributed by atoms with Crippen LogP contribution >= 0.6 is 11.6 Å². The van der Waals surface area contributed by atoms with Crippen molar-refractivity contribution >= 4 is 39.1 Å². The average molecular weight is 481 g/mol. The predicted molar refractivity (Wildman–Crippen MR) is 130 cm³/mol. The third-order valence-corrected chi connectivity index (χ3v) is 6.74. The quantitative estimate of drug-likeness (QED) is 0.380. The molecule has 0 amide bonds. The van der Waals surface area contributed by atoms with E-state index in [4.69, 9.17) is 28.5 Å². The Morgan fingerprint density at radius 2 is 1.64 bits per heavy atom. The molecule has 1 heterocycles. The number of hydrazone groups is 1. The van der Waals surface area contributed by atoms with Crippen molar-refractivity contribution in [1.29, 1.82) is 5.41 Å². The van der Waals surface area contributed by atoms with Gasteiger partial charge in [-0.2, -0.15) is 13.5 Å². The molecule has 0 spiro atoms. The molecule has 4 rings (SSSR count). The molecular formula is C23H21ClN6O2S. The van der Waals surface area contributed by atoms with Crippen LogP contribution < -0.4 is 11.5 Å². The van der Waals surface area contributed by atoms with Gasteiger partial charge in [0.1, 0.15) is 5.84 Å². The van der Waals surface area contributed by atoms with E-state index in [1.165, 1.54) is 29.3 Å². The summed E-state index contributed by atoms with van der Waals surface area (Å²) in [5.41, 5.74) is 14.8. The molecule has 0 saturated carbocycles. The summed E-state index contributed by atoms with van der Waals surface area (Å²) in [6.07, 6.45) is 0. The maximum Gasteiger partial charge on any atom is 0.285 e. The number of nitrogen functional groups attached to an aromatic ring is 1. The summed E-state index contributed by atoms with van der Waals surface area (Å²) in [5, 5.41) is 14.0. The van der Waals surface area contributed by atoms with Crippen LogP contribution in [0.4, 0.5) is 0 Å². The topological polar surface area (TPSA) is 138 Å². The van der Waals surface area contributed by atoms with Gasteiger partial charge in [-0.25, -0.2) is 5.01 Å². The van der Waals surface area contributed by atoms with E-state index in [2.05, 4.69) is 9.50 Å². The highest BCUT2D eigenvalue weighted by atomic mass is 35.5. The summed E-state index contributed by atoms with van der Waals surface area (Å²) in [5.74, 6) is -0.428. The van der Waals surface area contributed by atoms with E-state index >= 15 is 0 Å². The van der Waals surface area contributed by atoms with Crippen molar-refractivity contribution in [3.05, 3.63) is 101 Å². The molecule has 0 aromatic heterocycles. The minimum absolute atomic E-state index is 0.0160. The van der Waals surface area contributed by atoms with Crippen molar-refractivity contribution in [3.8, 4) is 0 Å². The van der Waals surface area contributed by atoms with Crippen LogP contribution in [0.5, 0.6) is 0 Å². The fourth-order valence-corrected chi connectivity index (χ4v) is 4.55. The highest BCUT2D eigenvalue weighted by Gasteiger charge is 2.31. The molecule has 1 aliphatic rings. The summed E-state index contributed by atoms with van der Waals surface area (Å²) in [6.45, 7) is 0.319. The molecule has 0 saturated heterocycles. The molecule has 0 radical (unpaired) electrons. The van der Waals surface area contributed by atoms with Gasteiger partial charge in [0.2, 0.25) is 5.96 Å². The number of halogens is 1. The van der Waals surface area contributed by atoms with Crippen LogP contribution in [0.15, 0.2) is 93.3 Å². The van der Waals surface area contributed by atoms with E-state index in [1.54, 1.807) is 12.1 Å². The number of nitrogens with two attached hydrogens (primary N) is 2. The molecule has 0 fully saturated rings. The first-order chi connectivity index (χ1) is 15.7. The number of sulfonamides is 1. The average Bonchev–Trinajstić information content (AvgIpc) is 3.25. The summed E-state index contributed by atoms with van der Waals surface area (Å²) >= 11 is 5.85. The van der Waals surface area contributed by atoms with Crippen molar-refractivity contribution in [2.45, 2.75) is 10.8 Å². The van der Waals surface area contributed by atoms with Gasteiger partial charge in [-0.05, 0) is 35.4 Å². The van der Waals surface area contributed by atoms with Gasteiger partial charge in [0.25, 0.3) is 10.0 Å². The minimum atomic E-state index is -4.04. The normalized spacial score (nSPS) is 16.5. The van der Waals surface area contributed by atoms with Crippen LogP contribution in [-0.2, 0) is 10.0 Å². The Morgan fingerprint density at radius 3 is 2.24 bits per heavy atom. The summed E-state index contributed by atoms with van der Waals surface area (Å²) in [7, 11) is -4.04.